The highest BCUT2D eigenvalue weighted by Gasteiger charge is 2.21. The summed E-state index contributed by atoms with van der Waals surface area (Å²) >= 11 is 0. The molecule has 0 fully saturated rings. The molecular formula is C19H21F2NO3. The van der Waals surface area contributed by atoms with Gasteiger partial charge in [0.1, 0.15) is 5.75 Å². The normalized spacial score (nSPS) is 14.4. The molecule has 0 heterocycles. The fourth-order valence-corrected chi connectivity index (χ4v) is 2.28. The van der Waals surface area contributed by atoms with Crippen LogP contribution < -0.4 is 10.1 Å². The Kier molecular flexibility index (Phi) is 6.47. The summed E-state index contributed by atoms with van der Waals surface area (Å²) in [6, 6.07) is 12.0. The molecule has 1 amide bonds. The van der Waals surface area contributed by atoms with Crippen molar-refractivity contribution in [2.75, 3.05) is 0 Å². The Hall–Kier alpha value is -2.47. The zero-order chi connectivity index (χ0) is 18.4. The molecular weight excluding hydrogens is 328 g/mol. The number of rotatable bonds is 7. The van der Waals surface area contributed by atoms with Gasteiger partial charge in [-0.2, -0.15) is 0 Å². The Morgan fingerprint density at radius 3 is 2.44 bits per heavy atom. The third-order valence-corrected chi connectivity index (χ3v) is 3.81. The average Bonchev–Trinajstić information content (AvgIpc) is 2.58. The Balaban J connectivity index is 1.87. The van der Waals surface area contributed by atoms with Crippen LogP contribution in [0.15, 0.2) is 48.5 Å². The van der Waals surface area contributed by atoms with Crippen molar-refractivity contribution in [1.29, 1.82) is 0 Å². The number of aliphatic hydroxyl groups excluding tert-OH is 1. The number of hydrogen-bond acceptors (Lipinski definition) is 3. The van der Waals surface area contributed by atoms with Crippen LogP contribution in [0.2, 0.25) is 0 Å². The number of carbonyl (C=O) groups excluding carboxylic acids is 1. The van der Waals surface area contributed by atoms with E-state index in [9.17, 15) is 18.7 Å². The topological polar surface area (TPSA) is 58.6 Å². The monoisotopic (exact) mass is 349 g/mol. The lowest BCUT2D eigenvalue weighted by molar-refractivity contribution is -0.128. The van der Waals surface area contributed by atoms with Gasteiger partial charge in [-0.25, -0.2) is 8.78 Å². The Morgan fingerprint density at radius 2 is 1.80 bits per heavy atom. The first-order chi connectivity index (χ1) is 11.9. The number of ether oxygens (including phenoxy) is 1. The highest BCUT2D eigenvalue weighted by molar-refractivity contribution is 5.81. The fourth-order valence-electron chi connectivity index (χ4n) is 2.28. The molecule has 0 spiro atoms. The molecule has 0 aliphatic carbocycles. The van der Waals surface area contributed by atoms with Crippen molar-refractivity contribution in [1.82, 2.24) is 5.32 Å². The summed E-state index contributed by atoms with van der Waals surface area (Å²) in [6.45, 7) is 3.18. The molecule has 2 aromatic rings. The zero-order valence-corrected chi connectivity index (χ0v) is 14.1. The number of nitrogens with one attached hydrogen (secondary N) is 1. The van der Waals surface area contributed by atoms with E-state index in [1.807, 2.05) is 30.3 Å². The second-order valence-corrected chi connectivity index (χ2v) is 5.89. The van der Waals surface area contributed by atoms with Crippen LogP contribution >= 0.6 is 0 Å². The van der Waals surface area contributed by atoms with Crippen LogP contribution in [0.4, 0.5) is 8.78 Å². The van der Waals surface area contributed by atoms with Gasteiger partial charge in [0, 0.05) is 12.5 Å². The highest BCUT2D eigenvalue weighted by Crippen LogP contribution is 2.17. The lowest BCUT2D eigenvalue weighted by Gasteiger charge is -2.23. The van der Waals surface area contributed by atoms with Crippen LogP contribution in [0.5, 0.6) is 5.75 Å². The number of benzene rings is 2. The molecule has 3 atom stereocenters. The standard InChI is InChI=1S/C19H21F2NO3/c1-12(18(23)10-14-6-4-3-5-7-14)22-19(24)13(2)25-15-8-9-16(20)17(21)11-15/h3-9,11-13,18,23H,10H2,1-2H3,(H,22,24). The maximum atomic E-state index is 13.2. The number of hydrogen-bond donors (Lipinski definition) is 2. The summed E-state index contributed by atoms with van der Waals surface area (Å²) in [7, 11) is 0. The molecule has 25 heavy (non-hydrogen) atoms. The smallest absolute Gasteiger partial charge is 0.261 e. The third kappa shape index (κ3) is 5.53. The minimum Gasteiger partial charge on any atom is -0.481 e. The second kappa shape index (κ2) is 8.58. The first kappa shape index (κ1) is 18.9. The van der Waals surface area contributed by atoms with Gasteiger partial charge in [-0.15, -0.1) is 0 Å². The van der Waals surface area contributed by atoms with Crippen molar-refractivity contribution in [3.63, 3.8) is 0 Å². The van der Waals surface area contributed by atoms with Crippen LogP contribution in [0.1, 0.15) is 19.4 Å². The third-order valence-electron chi connectivity index (χ3n) is 3.81. The van der Waals surface area contributed by atoms with E-state index < -0.39 is 35.8 Å². The van der Waals surface area contributed by atoms with Gasteiger partial charge in [-0.1, -0.05) is 30.3 Å². The average molecular weight is 349 g/mol. The van der Waals surface area contributed by atoms with Crippen LogP contribution in [0.25, 0.3) is 0 Å². The van der Waals surface area contributed by atoms with Crippen molar-refractivity contribution in [2.24, 2.45) is 0 Å². The summed E-state index contributed by atoms with van der Waals surface area (Å²) in [4.78, 5) is 12.2. The van der Waals surface area contributed by atoms with Crippen molar-refractivity contribution in [3.8, 4) is 5.75 Å². The maximum Gasteiger partial charge on any atom is 0.261 e. The van der Waals surface area contributed by atoms with E-state index in [0.29, 0.717) is 6.42 Å². The van der Waals surface area contributed by atoms with E-state index in [-0.39, 0.29) is 5.75 Å². The molecule has 0 radical (unpaired) electrons. The predicted molar refractivity (Wildman–Crippen MR) is 90.2 cm³/mol. The zero-order valence-electron chi connectivity index (χ0n) is 14.1. The SMILES string of the molecule is CC(Oc1ccc(F)c(F)c1)C(=O)NC(C)C(O)Cc1ccccc1. The van der Waals surface area contributed by atoms with E-state index >= 15 is 0 Å². The molecule has 0 aromatic heterocycles. The Morgan fingerprint density at radius 1 is 1.12 bits per heavy atom. The summed E-state index contributed by atoms with van der Waals surface area (Å²) < 4.78 is 31.4. The predicted octanol–water partition coefficient (Wildman–Crippen LogP) is 2.84. The summed E-state index contributed by atoms with van der Waals surface area (Å²) in [5.74, 6) is -2.43. The second-order valence-electron chi connectivity index (χ2n) is 5.89. The van der Waals surface area contributed by atoms with Crippen molar-refractivity contribution in [2.45, 2.75) is 38.5 Å². The maximum absolute atomic E-state index is 13.2. The molecule has 0 bridgehead atoms. The molecule has 2 aromatic carbocycles. The van der Waals surface area contributed by atoms with E-state index in [1.54, 1.807) is 6.92 Å². The number of halogens is 2. The molecule has 3 unspecified atom stereocenters. The van der Waals surface area contributed by atoms with Crippen LogP contribution in [-0.4, -0.2) is 29.3 Å². The Labute approximate surface area is 145 Å². The lowest BCUT2D eigenvalue weighted by atomic mass is 10.0. The van der Waals surface area contributed by atoms with Gasteiger partial charge in [0.15, 0.2) is 17.7 Å². The van der Waals surface area contributed by atoms with Gasteiger partial charge in [0.05, 0.1) is 12.1 Å². The first-order valence-corrected chi connectivity index (χ1v) is 8.01. The van der Waals surface area contributed by atoms with E-state index in [4.69, 9.17) is 4.74 Å². The molecule has 2 N–H and O–H groups in total. The van der Waals surface area contributed by atoms with Gasteiger partial charge in [0.25, 0.3) is 5.91 Å². The van der Waals surface area contributed by atoms with Gasteiger partial charge < -0.3 is 15.2 Å². The molecule has 0 aliphatic rings. The minimum absolute atomic E-state index is 0.0547. The number of carbonyl (C=O) groups is 1. The molecule has 0 saturated carbocycles. The quantitative estimate of drug-likeness (QED) is 0.808. The van der Waals surface area contributed by atoms with E-state index in [0.717, 1.165) is 17.7 Å². The Bertz CT molecular complexity index is 709. The van der Waals surface area contributed by atoms with Gasteiger partial charge in [-0.05, 0) is 31.5 Å². The molecule has 4 nitrogen and oxygen atoms in total. The van der Waals surface area contributed by atoms with Crippen LogP contribution in [0, 0.1) is 11.6 Å². The van der Waals surface area contributed by atoms with Crippen molar-refractivity contribution in [3.05, 3.63) is 65.7 Å². The molecule has 2 rings (SSSR count). The molecule has 6 heteroatoms. The van der Waals surface area contributed by atoms with Gasteiger partial charge in [0.2, 0.25) is 0 Å². The fraction of sp³-hybridized carbons (Fsp3) is 0.316. The minimum atomic E-state index is -1.04. The number of aliphatic hydroxyl groups is 1. The van der Waals surface area contributed by atoms with Crippen molar-refractivity contribution < 1.29 is 23.4 Å². The van der Waals surface area contributed by atoms with Gasteiger partial charge >= 0.3 is 0 Å². The lowest BCUT2D eigenvalue weighted by Crippen LogP contribution is -2.47. The molecule has 0 saturated heterocycles. The first-order valence-electron chi connectivity index (χ1n) is 8.01. The molecule has 134 valence electrons. The van der Waals surface area contributed by atoms with Crippen LogP contribution in [-0.2, 0) is 11.2 Å². The summed E-state index contributed by atoms with van der Waals surface area (Å²) in [6.07, 6.45) is -1.28. The van der Waals surface area contributed by atoms with Crippen molar-refractivity contribution >= 4 is 5.91 Å². The van der Waals surface area contributed by atoms with E-state index in [2.05, 4.69) is 5.32 Å². The number of amides is 1. The summed E-state index contributed by atoms with van der Waals surface area (Å²) in [5.41, 5.74) is 0.960. The van der Waals surface area contributed by atoms with Crippen LogP contribution in [0.3, 0.4) is 0 Å². The molecule has 0 aliphatic heterocycles. The highest BCUT2D eigenvalue weighted by atomic mass is 19.2. The summed E-state index contributed by atoms with van der Waals surface area (Å²) in [5, 5.41) is 12.9. The largest absolute Gasteiger partial charge is 0.481 e. The van der Waals surface area contributed by atoms with E-state index in [1.165, 1.54) is 13.0 Å². The van der Waals surface area contributed by atoms with Gasteiger partial charge in [-0.3, -0.25) is 4.79 Å².